The van der Waals surface area contributed by atoms with Crippen molar-refractivity contribution in [3.8, 4) is 0 Å². The number of fused-ring (bicyclic) bond motifs is 1. The van der Waals surface area contributed by atoms with Crippen molar-refractivity contribution in [1.82, 2.24) is 9.29 Å². The van der Waals surface area contributed by atoms with Gasteiger partial charge in [-0.3, -0.25) is 9.36 Å². The second-order valence-electron chi connectivity index (χ2n) is 7.16. The first-order chi connectivity index (χ1) is 12.6. The molecule has 0 radical (unpaired) electrons. The van der Waals surface area contributed by atoms with Gasteiger partial charge in [0, 0.05) is 12.1 Å². The third-order valence-corrected chi connectivity index (χ3v) is 7.10. The Hall–Kier alpha value is -1.96. The minimum absolute atomic E-state index is 0.0242. The second-order valence-corrected chi connectivity index (χ2v) is 9.87. The van der Waals surface area contributed by atoms with Crippen LogP contribution in [0.25, 0.3) is 10.2 Å². The van der Waals surface area contributed by atoms with Gasteiger partial charge in [-0.1, -0.05) is 35.1 Å². The summed E-state index contributed by atoms with van der Waals surface area (Å²) in [5, 5.41) is 0. The molecule has 0 aliphatic carbocycles. The fourth-order valence-corrected chi connectivity index (χ4v) is 5.64. The lowest BCUT2D eigenvalue weighted by atomic mass is 10.0. The molecular formula is C20H24N2O3S2. The van der Waals surface area contributed by atoms with Crippen LogP contribution in [0.15, 0.2) is 46.1 Å². The van der Waals surface area contributed by atoms with E-state index in [1.807, 2.05) is 52.8 Å². The quantitative estimate of drug-likeness (QED) is 0.689. The number of rotatable bonds is 5. The van der Waals surface area contributed by atoms with E-state index in [9.17, 15) is 13.2 Å². The fraction of sp³-hybridized carbons (Fsp3) is 0.350. The first kappa shape index (κ1) is 19.8. The SMILES string of the molecule is Cc1ccc(C)c(C(C)NS(=O)(=O)c2ccc3c(c2)sc(=O)n3C(C)C)c1. The Morgan fingerprint density at radius 3 is 2.41 bits per heavy atom. The number of aryl methyl sites for hydroxylation is 2. The van der Waals surface area contributed by atoms with E-state index < -0.39 is 10.0 Å². The van der Waals surface area contributed by atoms with Gasteiger partial charge in [-0.25, -0.2) is 13.1 Å². The summed E-state index contributed by atoms with van der Waals surface area (Å²) in [6.45, 7) is 9.67. The summed E-state index contributed by atoms with van der Waals surface area (Å²) in [6, 6.07) is 10.5. The van der Waals surface area contributed by atoms with Gasteiger partial charge in [0.25, 0.3) is 0 Å². The van der Waals surface area contributed by atoms with Crippen molar-refractivity contribution in [2.75, 3.05) is 0 Å². The molecule has 5 nitrogen and oxygen atoms in total. The number of thiazole rings is 1. The van der Waals surface area contributed by atoms with Crippen molar-refractivity contribution < 1.29 is 8.42 Å². The molecule has 1 N–H and O–H groups in total. The average molecular weight is 405 g/mol. The normalized spacial score (nSPS) is 13.4. The van der Waals surface area contributed by atoms with E-state index in [-0.39, 0.29) is 21.9 Å². The molecule has 7 heteroatoms. The van der Waals surface area contributed by atoms with Gasteiger partial charge < -0.3 is 0 Å². The Morgan fingerprint density at radius 1 is 1.04 bits per heavy atom. The molecule has 1 atom stereocenters. The smallest absolute Gasteiger partial charge is 0.296 e. The van der Waals surface area contributed by atoms with Crippen LogP contribution in [0.4, 0.5) is 0 Å². The number of sulfonamides is 1. The highest BCUT2D eigenvalue weighted by atomic mass is 32.2. The molecule has 0 aliphatic heterocycles. The number of nitrogens with zero attached hydrogens (tertiary/aromatic N) is 1. The lowest BCUT2D eigenvalue weighted by molar-refractivity contribution is 0.566. The molecule has 1 aromatic heterocycles. The van der Waals surface area contributed by atoms with Crippen LogP contribution in [0, 0.1) is 13.8 Å². The van der Waals surface area contributed by atoms with Crippen LogP contribution in [0.5, 0.6) is 0 Å². The average Bonchev–Trinajstić information content (AvgIpc) is 2.91. The Morgan fingerprint density at radius 2 is 1.74 bits per heavy atom. The standard InChI is InChI=1S/C20H24N2O3S2/c1-12(2)22-18-9-8-16(11-19(18)26-20(22)23)27(24,25)21-15(5)17-10-13(3)6-7-14(17)4/h6-12,15,21H,1-5H3. The molecule has 1 heterocycles. The summed E-state index contributed by atoms with van der Waals surface area (Å²) in [5.41, 5.74) is 3.85. The molecule has 3 rings (SSSR count). The van der Waals surface area contributed by atoms with Crippen molar-refractivity contribution in [2.24, 2.45) is 0 Å². The molecule has 0 bridgehead atoms. The highest BCUT2D eigenvalue weighted by Crippen LogP contribution is 2.26. The molecule has 27 heavy (non-hydrogen) atoms. The number of hydrogen-bond donors (Lipinski definition) is 1. The second kappa shape index (κ2) is 7.22. The monoisotopic (exact) mass is 404 g/mol. The third-order valence-electron chi connectivity index (χ3n) is 4.64. The van der Waals surface area contributed by atoms with E-state index in [0.717, 1.165) is 33.5 Å². The lowest BCUT2D eigenvalue weighted by Crippen LogP contribution is -2.27. The molecule has 0 saturated carbocycles. The minimum atomic E-state index is -3.71. The number of nitrogens with one attached hydrogen (secondary N) is 1. The van der Waals surface area contributed by atoms with Crippen LogP contribution in [-0.2, 0) is 10.0 Å². The third kappa shape index (κ3) is 3.85. The van der Waals surface area contributed by atoms with Gasteiger partial charge in [0.1, 0.15) is 0 Å². The number of hydrogen-bond acceptors (Lipinski definition) is 4. The summed E-state index contributed by atoms with van der Waals surface area (Å²) in [5.74, 6) is 0. The topological polar surface area (TPSA) is 68.2 Å². The van der Waals surface area contributed by atoms with Crippen molar-refractivity contribution in [2.45, 2.75) is 51.6 Å². The molecule has 0 saturated heterocycles. The van der Waals surface area contributed by atoms with Crippen LogP contribution in [0.3, 0.4) is 0 Å². The maximum Gasteiger partial charge on any atom is 0.308 e. The van der Waals surface area contributed by atoms with Crippen molar-refractivity contribution in [3.05, 3.63) is 62.8 Å². The van der Waals surface area contributed by atoms with Crippen LogP contribution >= 0.6 is 11.3 Å². The summed E-state index contributed by atoms with van der Waals surface area (Å²) >= 11 is 1.07. The van der Waals surface area contributed by atoms with Gasteiger partial charge >= 0.3 is 4.87 Å². The van der Waals surface area contributed by atoms with Crippen molar-refractivity contribution in [1.29, 1.82) is 0 Å². The maximum atomic E-state index is 12.9. The van der Waals surface area contributed by atoms with Crippen molar-refractivity contribution in [3.63, 3.8) is 0 Å². The molecule has 0 aliphatic rings. The van der Waals surface area contributed by atoms with Gasteiger partial charge in [-0.05, 0) is 63.9 Å². The molecular weight excluding hydrogens is 380 g/mol. The van der Waals surface area contributed by atoms with Crippen molar-refractivity contribution >= 4 is 31.6 Å². The molecule has 1 unspecified atom stereocenters. The zero-order valence-electron chi connectivity index (χ0n) is 16.1. The van der Waals surface area contributed by atoms with Crippen LogP contribution in [0.1, 0.15) is 49.5 Å². The lowest BCUT2D eigenvalue weighted by Gasteiger charge is -2.17. The summed E-state index contributed by atoms with van der Waals surface area (Å²) in [6.07, 6.45) is 0. The van der Waals surface area contributed by atoms with Crippen LogP contribution < -0.4 is 9.60 Å². The largest absolute Gasteiger partial charge is 0.308 e. The van der Waals surface area contributed by atoms with E-state index in [1.165, 1.54) is 0 Å². The van der Waals surface area contributed by atoms with Gasteiger partial charge in [0.15, 0.2) is 0 Å². The van der Waals surface area contributed by atoms with Crippen LogP contribution in [0.2, 0.25) is 0 Å². The zero-order chi connectivity index (χ0) is 19.9. The first-order valence-electron chi connectivity index (χ1n) is 8.84. The molecule has 0 amide bonds. The van der Waals surface area contributed by atoms with Crippen LogP contribution in [-0.4, -0.2) is 13.0 Å². The predicted octanol–water partition coefficient (Wildman–Crippen LogP) is 4.30. The molecule has 2 aromatic carbocycles. The van der Waals surface area contributed by atoms with E-state index in [0.29, 0.717) is 4.70 Å². The number of aromatic nitrogens is 1. The summed E-state index contributed by atoms with van der Waals surface area (Å²) in [4.78, 5) is 12.3. The predicted molar refractivity (Wildman–Crippen MR) is 111 cm³/mol. The summed E-state index contributed by atoms with van der Waals surface area (Å²) < 4.78 is 30.9. The Labute approximate surface area is 163 Å². The molecule has 0 spiro atoms. The summed E-state index contributed by atoms with van der Waals surface area (Å²) in [7, 11) is -3.71. The van der Waals surface area contributed by atoms with Gasteiger partial charge in [-0.15, -0.1) is 0 Å². The van der Waals surface area contributed by atoms with E-state index in [2.05, 4.69) is 4.72 Å². The van der Waals surface area contributed by atoms with Gasteiger partial charge in [0.2, 0.25) is 10.0 Å². The first-order valence-corrected chi connectivity index (χ1v) is 11.1. The Balaban J connectivity index is 1.97. The van der Waals surface area contributed by atoms with E-state index >= 15 is 0 Å². The Bertz CT molecular complexity index is 1160. The van der Waals surface area contributed by atoms with E-state index in [4.69, 9.17) is 0 Å². The van der Waals surface area contributed by atoms with Gasteiger partial charge in [0.05, 0.1) is 15.1 Å². The molecule has 0 fully saturated rings. The maximum absolute atomic E-state index is 12.9. The highest BCUT2D eigenvalue weighted by molar-refractivity contribution is 7.89. The molecule has 3 aromatic rings. The fourth-order valence-electron chi connectivity index (χ4n) is 3.26. The minimum Gasteiger partial charge on any atom is -0.296 e. The highest BCUT2D eigenvalue weighted by Gasteiger charge is 2.21. The molecule has 144 valence electrons. The van der Waals surface area contributed by atoms with Gasteiger partial charge in [-0.2, -0.15) is 0 Å². The number of benzene rings is 2. The zero-order valence-corrected chi connectivity index (χ0v) is 17.7. The van der Waals surface area contributed by atoms with E-state index in [1.54, 1.807) is 22.8 Å². The Kier molecular flexibility index (Phi) is 5.29.